The molecule has 0 fully saturated rings. The van der Waals surface area contributed by atoms with Gasteiger partial charge in [0, 0.05) is 41.1 Å². The average Bonchev–Trinajstić information content (AvgIpc) is 2.25. The summed E-state index contributed by atoms with van der Waals surface area (Å²) in [6, 6.07) is 0.635. The maximum Gasteiger partial charge on any atom is 0.502 e. The Morgan fingerprint density at radius 3 is 1.60 bits per heavy atom. The van der Waals surface area contributed by atoms with Crippen molar-refractivity contribution in [1.82, 2.24) is 0 Å². The van der Waals surface area contributed by atoms with Gasteiger partial charge in [-0.25, -0.2) is 0 Å². The highest BCUT2D eigenvalue weighted by Crippen LogP contribution is 2.14. The molecule has 0 spiro atoms. The van der Waals surface area contributed by atoms with Crippen LogP contribution in [-0.4, -0.2) is 52.4 Å². The molecule has 0 saturated heterocycles. The lowest BCUT2D eigenvalue weighted by Gasteiger charge is -2.26. The van der Waals surface area contributed by atoms with Crippen LogP contribution < -0.4 is 0 Å². The van der Waals surface area contributed by atoms with Crippen molar-refractivity contribution in [3.8, 4) is 0 Å². The second-order valence-electron chi connectivity index (χ2n) is 3.50. The average molecular weight is 254 g/mol. The van der Waals surface area contributed by atoms with E-state index in [2.05, 4.69) is 0 Å². The fraction of sp³-hybridized carbons (Fsp3) is 1.00. The van der Waals surface area contributed by atoms with Crippen molar-refractivity contribution in [2.45, 2.75) is 19.1 Å². The first-order chi connectivity index (χ1) is 6.95. The molecule has 15 heavy (non-hydrogen) atoms. The fourth-order valence-corrected chi connectivity index (χ4v) is 3.42. The first-order valence-electron chi connectivity index (χ1n) is 4.80. The van der Waals surface area contributed by atoms with Crippen molar-refractivity contribution in [3.05, 3.63) is 0 Å². The zero-order valence-electron chi connectivity index (χ0n) is 10.5. The number of rotatable bonds is 8. The van der Waals surface area contributed by atoms with Gasteiger partial charge in [-0.1, -0.05) is 0 Å². The topological polar surface area (TPSA) is 46.2 Å². The van der Waals surface area contributed by atoms with Gasteiger partial charge >= 0.3 is 17.4 Å². The molecular weight excluding hydrogens is 232 g/mol. The van der Waals surface area contributed by atoms with Crippen LogP contribution in [0.25, 0.3) is 0 Å². The summed E-state index contributed by atoms with van der Waals surface area (Å²) in [6.45, 7) is 4.51. The molecule has 0 N–H and O–H groups in total. The van der Waals surface area contributed by atoms with Crippen molar-refractivity contribution in [2.24, 2.45) is 0 Å². The van der Waals surface area contributed by atoms with E-state index in [0.717, 1.165) is 0 Å². The standard InChI is InChI=1S/C8H22O5Si2/c1-9-14(5,6)13-7-8-15(10-2,11-3)12-4/h7-8H2,1-6H3. The van der Waals surface area contributed by atoms with Crippen LogP contribution in [0.4, 0.5) is 0 Å². The Morgan fingerprint density at radius 2 is 1.27 bits per heavy atom. The summed E-state index contributed by atoms with van der Waals surface area (Å²) in [4.78, 5) is 0. The highest BCUT2D eigenvalue weighted by Gasteiger charge is 2.38. The highest BCUT2D eigenvalue weighted by molar-refractivity contribution is 6.64. The van der Waals surface area contributed by atoms with Crippen LogP contribution in [0.15, 0.2) is 0 Å². The molecule has 0 aromatic rings. The van der Waals surface area contributed by atoms with Crippen LogP contribution >= 0.6 is 0 Å². The van der Waals surface area contributed by atoms with Gasteiger partial charge in [-0.05, 0) is 13.1 Å². The van der Waals surface area contributed by atoms with Crippen LogP contribution in [0, 0.1) is 0 Å². The summed E-state index contributed by atoms with van der Waals surface area (Å²) < 4.78 is 26.7. The molecule has 0 rings (SSSR count). The second kappa shape index (κ2) is 6.74. The monoisotopic (exact) mass is 254 g/mol. The molecule has 7 heteroatoms. The van der Waals surface area contributed by atoms with Gasteiger partial charge in [0.25, 0.3) is 0 Å². The highest BCUT2D eigenvalue weighted by atomic mass is 28.4. The molecule has 0 saturated carbocycles. The molecule has 5 nitrogen and oxygen atoms in total. The van der Waals surface area contributed by atoms with Crippen LogP contribution in [0.3, 0.4) is 0 Å². The van der Waals surface area contributed by atoms with E-state index >= 15 is 0 Å². The van der Waals surface area contributed by atoms with E-state index in [0.29, 0.717) is 12.7 Å². The molecule has 0 aromatic heterocycles. The van der Waals surface area contributed by atoms with Gasteiger partial charge in [0.1, 0.15) is 0 Å². The summed E-state index contributed by atoms with van der Waals surface area (Å²) >= 11 is 0. The second-order valence-corrected chi connectivity index (χ2v) is 10.1. The van der Waals surface area contributed by atoms with Crippen molar-refractivity contribution in [2.75, 3.05) is 35.0 Å². The third-order valence-corrected chi connectivity index (χ3v) is 6.85. The molecule has 0 aliphatic rings. The van der Waals surface area contributed by atoms with Crippen molar-refractivity contribution >= 4 is 17.4 Å². The minimum Gasteiger partial charge on any atom is -0.398 e. The maximum absolute atomic E-state index is 5.65. The smallest absolute Gasteiger partial charge is 0.398 e. The third kappa shape index (κ3) is 5.20. The number of hydrogen-bond acceptors (Lipinski definition) is 5. The van der Waals surface area contributed by atoms with E-state index in [1.165, 1.54) is 0 Å². The van der Waals surface area contributed by atoms with Crippen molar-refractivity contribution in [1.29, 1.82) is 0 Å². The Bertz CT molecular complexity index is 164. The van der Waals surface area contributed by atoms with E-state index in [9.17, 15) is 0 Å². The first-order valence-corrected chi connectivity index (χ1v) is 9.54. The van der Waals surface area contributed by atoms with Gasteiger partial charge < -0.3 is 22.1 Å². The SMILES string of the molecule is CO[Si](C)(C)OCC[Si](OC)(OC)OC. The maximum atomic E-state index is 5.65. The summed E-state index contributed by atoms with van der Waals surface area (Å²) in [6.07, 6.45) is 0. The van der Waals surface area contributed by atoms with E-state index in [4.69, 9.17) is 22.1 Å². The first kappa shape index (κ1) is 15.2. The normalized spacial score (nSPS) is 13.2. The lowest BCUT2D eigenvalue weighted by molar-refractivity contribution is 0.114. The summed E-state index contributed by atoms with van der Waals surface area (Å²) in [5.41, 5.74) is 0. The van der Waals surface area contributed by atoms with Gasteiger partial charge in [-0.2, -0.15) is 0 Å². The van der Waals surface area contributed by atoms with Gasteiger partial charge in [0.05, 0.1) is 0 Å². The lowest BCUT2D eigenvalue weighted by atomic mass is 10.9. The van der Waals surface area contributed by atoms with E-state index in [-0.39, 0.29) is 0 Å². The van der Waals surface area contributed by atoms with E-state index in [1.54, 1.807) is 28.4 Å². The zero-order valence-corrected chi connectivity index (χ0v) is 12.5. The zero-order chi connectivity index (χ0) is 11.9. The van der Waals surface area contributed by atoms with Crippen molar-refractivity contribution < 1.29 is 22.1 Å². The quantitative estimate of drug-likeness (QED) is 0.610. The van der Waals surface area contributed by atoms with Gasteiger partial charge in [-0.15, -0.1) is 0 Å². The predicted octanol–water partition coefficient (Wildman–Crippen LogP) is 1.23. The molecule has 0 aromatic carbocycles. The molecule has 0 radical (unpaired) electrons. The number of hydrogen-bond donors (Lipinski definition) is 0. The Hall–Kier alpha value is 0.234. The molecule has 0 atom stereocenters. The summed E-state index contributed by atoms with van der Waals surface area (Å²) in [7, 11) is 2.00. The third-order valence-electron chi connectivity index (χ3n) is 2.28. The largest absolute Gasteiger partial charge is 0.502 e. The van der Waals surface area contributed by atoms with Gasteiger partial charge in [0.2, 0.25) is 0 Å². The molecule has 92 valence electrons. The van der Waals surface area contributed by atoms with Crippen LogP contribution in [0.1, 0.15) is 0 Å². The summed E-state index contributed by atoms with van der Waals surface area (Å²) in [5, 5.41) is 0. The minimum atomic E-state index is -2.49. The Kier molecular flexibility index (Phi) is 6.84. The Balaban J connectivity index is 4.02. The molecule has 0 bridgehead atoms. The molecule has 0 amide bonds. The van der Waals surface area contributed by atoms with E-state index < -0.39 is 17.4 Å². The molecule has 0 unspecified atom stereocenters. The molecule has 0 aliphatic carbocycles. The van der Waals surface area contributed by atoms with Crippen molar-refractivity contribution in [3.63, 3.8) is 0 Å². The van der Waals surface area contributed by atoms with Crippen LogP contribution in [0.5, 0.6) is 0 Å². The molecule has 0 aliphatic heterocycles. The molecule has 0 heterocycles. The minimum absolute atomic E-state index is 0.537. The van der Waals surface area contributed by atoms with Gasteiger partial charge in [0.15, 0.2) is 0 Å². The Labute approximate surface area is 94.2 Å². The fourth-order valence-electron chi connectivity index (χ4n) is 1.04. The molecular formula is C8H22O5Si2. The van der Waals surface area contributed by atoms with Crippen LogP contribution in [-0.2, 0) is 22.1 Å². The predicted molar refractivity (Wildman–Crippen MR) is 62.0 cm³/mol. The lowest BCUT2D eigenvalue weighted by Crippen LogP contribution is -2.45. The summed E-state index contributed by atoms with van der Waals surface area (Å²) in [5.74, 6) is 0. The van der Waals surface area contributed by atoms with Crippen LogP contribution in [0.2, 0.25) is 19.1 Å². The van der Waals surface area contributed by atoms with Gasteiger partial charge in [-0.3, -0.25) is 0 Å². The van der Waals surface area contributed by atoms with E-state index in [1.807, 2.05) is 13.1 Å². The Morgan fingerprint density at radius 1 is 0.800 bits per heavy atom.